The molecule has 0 aromatic heterocycles. The third kappa shape index (κ3) is 7.38. The Bertz CT molecular complexity index is 2600. The van der Waals surface area contributed by atoms with Gasteiger partial charge in [-0.05, 0) is 120 Å². The van der Waals surface area contributed by atoms with Crippen LogP contribution < -0.4 is 20.2 Å². The van der Waals surface area contributed by atoms with Gasteiger partial charge in [-0.2, -0.15) is 0 Å². The molecule has 0 unspecified atom stereocenters. The number of aryl methyl sites for hydroxylation is 2. The van der Waals surface area contributed by atoms with E-state index in [1.165, 1.54) is 54.9 Å². The van der Waals surface area contributed by atoms with E-state index < -0.39 is 21.6 Å². The van der Waals surface area contributed by atoms with E-state index in [0.717, 1.165) is 34.1 Å². The fourth-order valence-corrected chi connectivity index (χ4v) is 11.6. The molecule has 0 radical (unpaired) electrons. The van der Waals surface area contributed by atoms with E-state index in [9.17, 15) is 0 Å². The Balaban J connectivity index is 1.30. The van der Waals surface area contributed by atoms with Gasteiger partial charge in [-0.25, -0.2) is 0 Å². The van der Waals surface area contributed by atoms with Crippen LogP contribution in [0.4, 0.5) is 34.1 Å². The molecule has 0 spiro atoms. The lowest BCUT2D eigenvalue weighted by atomic mass is 9.67. The molecule has 0 aliphatic heterocycles. The van der Waals surface area contributed by atoms with Gasteiger partial charge in [-0.15, -0.1) is 0 Å². The number of fused-ring (bicyclic) bond motifs is 3. The lowest BCUT2D eigenvalue weighted by molar-refractivity contribution is 0.768. The molecule has 4 heteroatoms. The van der Waals surface area contributed by atoms with Crippen LogP contribution in [0.15, 0.2) is 194 Å². The molecule has 8 aromatic carbocycles. The van der Waals surface area contributed by atoms with E-state index in [1.807, 2.05) is 0 Å². The standard InChI is InChI=1S/C57H56N2Si2/c1-41-19-23-45(24-20-41)58(47-27-33-51(34-28-47)60(3,4)5)49-31-37-53-54-38-32-50(59(46-25-21-42(2)22-26-46)48-29-35-52(36-30-48)61(6,7)8)40-56(54)57(55(53)39-49,43-15-11-9-12-16-43)44-17-13-10-14-18-44/h9-40H,1-8H3. The van der Waals surface area contributed by atoms with Crippen molar-refractivity contribution >= 4 is 60.6 Å². The van der Waals surface area contributed by atoms with E-state index in [-0.39, 0.29) is 0 Å². The topological polar surface area (TPSA) is 6.48 Å². The van der Waals surface area contributed by atoms with Gasteiger partial charge in [0.05, 0.1) is 21.6 Å². The summed E-state index contributed by atoms with van der Waals surface area (Å²) in [5.74, 6) is 0. The van der Waals surface area contributed by atoms with Gasteiger partial charge in [-0.3, -0.25) is 0 Å². The molecule has 0 saturated carbocycles. The highest BCUT2D eigenvalue weighted by molar-refractivity contribution is 6.89. The molecule has 0 bridgehead atoms. The van der Waals surface area contributed by atoms with Crippen LogP contribution in [-0.4, -0.2) is 16.1 Å². The fraction of sp³-hybridized carbons (Fsp3) is 0.158. The van der Waals surface area contributed by atoms with E-state index in [2.05, 4.69) is 257 Å². The Kier molecular flexibility index (Phi) is 10.3. The summed E-state index contributed by atoms with van der Waals surface area (Å²) in [7, 11) is -2.98. The Hall–Kier alpha value is -6.21. The molecule has 9 rings (SSSR count). The minimum absolute atomic E-state index is 0.597. The fourth-order valence-electron chi connectivity index (χ4n) is 9.25. The van der Waals surface area contributed by atoms with Gasteiger partial charge < -0.3 is 9.80 Å². The Morgan fingerprint density at radius 1 is 0.328 bits per heavy atom. The van der Waals surface area contributed by atoms with Crippen molar-refractivity contribution in [1.82, 2.24) is 0 Å². The number of rotatable bonds is 10. The van der Waals surface area contributed by atoms with Crippen molar-refractivity contribution in [1.29, 1.82) is 0 Å². The molecule has 0 heterocycles. The predicted molar refractivity (Wildman–Crippen MR) is 269 cm³/mol. The van der Waals surface area contributed by atoms with E-state index >= 15 is 0 Å². The van der Waals surface area contributed by atoms with Crippen molar-refractivity contribution in [3.05, 3.63) is 228 Å². The Labute approximate surface area is 365 Å². The molecule has 0 saturated heterocycles. The first-order valence-corrected chi connectivity index (χ1v) is 28.7. The maximum absolute atomic E-state index is 2.48. The van der Waals surface area contributed by atoms with Crippen molar-refractivity contribution in [3.8, 4) is 11.1 Å². The van der Waals surface area contributed by atoms with Crippen LogP contribution in [0.1, 0.15) is 33.4 Å². The lowest BCUT2D eigenvalue weighted by Crippen LogP contribution is -2.37. The zero-order valence-corrected chi connectivity index (χ0v) is 38.9. The molecule has 1 aliphatic rings. The van der Waals surface area contributed by atoms with Crippen LogP contribution in [0.25, 0.3) is 11.1 Å². The summed E-state index contributed by atoms with van der Waals surface area (Å²) in [6.07, 6.45) is 0. The quantitative estimate of drug-likeness (QED) is 0.127. The Morgan fingerprint density at radius 3 is 0.934 bits per heavy atom. The lowest BCUT2D eigenvalue weighted by Gasteiger charge is -2.35. The highest BCUT2D eigenvalue weighted by Crippen LogP contribution is 2.58. The molecule has 302 valence electrons. The van der Waals surface area contributed by atoms with Crippen molar-refractivity contribution in [2.75, 3.05) is 9.80 Å². The number of anilines is 6. The summed E-state index contributed by atoms with van der Waals surface area (Å²) in [4.78, 5) is 4.87. The smallest absolute Gasteiger partial charge is 0.0775 e. The molecular weight excluding hydrogens is 769 g/mol. The van der Waals surface area contributed by atoms with Gasteiger partial charge in [0, 0.05) is 34.1 Å². The molecule has 0 atom stereocenters. The van der Waals surface area contributed by atoms with Gasteiger partial charge in [0.2, 0.25) is 0 Å². The maximum atomic E-state index is 2.48. The molecule has 0 amide bonds. The number of nitrogens with zero attached hydrogens (tertiary/aromatic N) is 2. The highest BCUT2D eigenvalue weighted by atomic mass is 28.3. The molecular formula is C57H56N2Si2. The van der Waals surface area contributed by atoms with Gasteiger partial charge >= 0.3 is 0 Å². The summed E-state index contributed by atoms with van der Waals surface area (Å²) in [5, 5.41) is 2.92. The average Bonchev–Trinajstić information content (AvgIpc) is 3.55. The van der Waals surface area contributed by atoms with Crippen LogP contribution >= 0.6 is 0 Å². The SMILES string of the molecule is Cc1ccc(N(c2ccc([Si](C)(C)C)cc2)c2ccc3c(c2)C(c2ccccc2)(c2ccccc2)c2cc(N(c4ccc(C)cc4)c4ccc([Si](C)(C)C)cc4)ccc2-3)cc1. The number of benzene rings is 8. The Morgan fingerprint density at radius 2 is 0.623 bits per heavy atom. The molecule has 2 nitrogen and oxygen atoms in total. The van der Waals surface area contributed by atoms with Crippen LogP contribution in [0.3, 0.4) is 0 Å². The van der Waals surface area contributed by atoms with Crippen LogP contribution in [0.5, 0.6) is 0 Å². The second-order valence-corrected chi connectivity index (χ2v) is 29.0. The van der Waals surface area contributed by atoms with Crippen molar-refractivity contribution < 1.29 is 0 Å². The van der Waals surface area contributed by atoms with E-state index in [1.54, 1.807) is 0 Å². The van der Waals surface area contributed by atoms with Gasteiger partial charge in [-0.1, -0.05) is 182 Å². The maximum Gasteiger partial charge on any atom is 0.0775 e. The highest BCUT2D eigenvalue weighted by Gasteiger charge is 2.47. The zero-order valence-electron chi connectivity index (χ0n) is 36.9. The molecule has 0 N–H and O–H groups in total. The van der Waals surface area contributed by atoms with E-state index in [0.29, 0.717) is 0 Å². The van der Waals surface area contributed by atoms with Gasteiger partial charge in [0.1, 0.15) is 0 Å². The zero-order chi connectivity index (χ0) is 42.5. The third-order valence-corrected chi connectivity index (χ3v) is 16.7. The minimum atomic E-state index is -1.49. The second-order valence-electron chi connectivity index (χ2n) is 18.9. The van der Waals surface area contributed by atoms with Crippen LogP contribution in [0.2, 0.25) is 39.3 Å². The summed E-state index contributed by atoms with van der Waals surface area (Å²) in [6.45, 7) is 18.8. The first-order valence-electron chi connectivity index (χ1n) is 21.7. The minimum Gasteiger partial charge on any atom is -0.310 e. The summed E-state index contributed by atoms with van der Waals surface area (Å²) < 4.78 is 0. The molecule has 1 aliphatic carbocycles. The van der Waals surface area contributed by atoms with Crippen molar-refractivity contribution in [2.45, 2.75) is 58.5 Å². The monoisotopic (exact) mass is 824 g/mol. The van der Waals surface area contributed by atoms with Gasteiger partial charge in [0.25, 0.3) is 0 Å². The van der Waals surface area contributed by atoms with Crippen molar-refractivity contribution in [3.63, 3.8) is 0 Å². The van der Waals surface area contributed by atoms with E-state index in [4.69, 9.17) is 0 Å². The normalized spacial score (nSPS) is 13.0. The molecule has 8 aromatic rings. The summed E-state index contributed by atoms with van der Waals surface area (Å²) in [5.41, 5.74) is 16.3. The first kappa shape index (κ1) is 40.2. The van der Waals surface area contributed by atoms with Crippen molar-refractivity contribution in [2.24, 2.45) is 0 Å². The van der Waals surface area contributed by atoms with Crippen LogP contribution in [-0.2, 0) is 5.41 Å². The van der Waals surface area contributed by atoms with Gasteiger partial charge in [0.15, 0.2) is 0 Å². The number of hydrogen-bond donors (Lipinski definition) is 0. The average molecular weight is 825 g/mol. The van der Waals surface area contributed by atoms with Crippen LogP contribution in [0, 0.1) is 13.8 Å². The molecule has 0 fully saturated rings. The summed E-state index contributed by atoms with van der Waals surface area (Å²) >= 11 is 0. The molecule has 61 heavy (non-hydrogen) atoms. The summed E-state index contributed by atoms with van der Waals surface area (Å²) in [6, 6.07) is 73.3. The number of hydrogen-bond acceptors (Lipinski definition) is 2. The third-order valence-electron chi connectivity index (χ3n) is 12.6. The first-order chi connectivity index (χ1) is 29.3. The predicted octanol–water partition coefficient (Wildman–Crippen LogP) is 14.7. The second kappa shape index (κ2) is 15.7. The largest absolute Gasteiger partial charge is 0.310 e.